The van der Waals surface area contributed by atoms with E-state index in [1.54, 1.807) is 6.07 Å². The molecule has 1 rings (SSSR count). The fraction of sp³-hybridized carbons (Fsp3) is 0.667. The number of hydrogen-bond acceptors (Lipinski definition) is 4. The molecule has 1 unspecified atom stereocenters. The van der Waals surface area contributed by atoms with Crippen LogP contribution in [0.3, 0.4) is 0 Å². The van der Waals surface area contributed by atoms with Gasteiger partial charge in [-0.3, -0.25) is 0 Å². The van der Waals surface area contributed by atoms with Gasteiger partial charge in [-0.25, -0.2) is 9.37 Å². The molecule has 1 atom stereocenters. The van der Waals surface area contributed by atoms with Gasteiger partial charge in [0.05, 0.1) is 6.20 Å². The van der Waals surface area contributed by atoms with Crippen molar-refractivity contribution in [2.75, 3.05) is 38.6 Å². The maximum absolute atomic E-state index is 13.4. The summed E-state index contributed by atoms with van der Waals surface area (Å²) in [4.78, 5) is 8.70. The summed E-state index contributed by atoms with van der Waals surface area (Å²) in [5.74, 6) is 0.599. The lowest BCUT2D eigenvalue weighted by molar-refractivity contribution is 0.371. The number of hydrogen-bond donors (Lipinski definition) is 1. The van der Waals surface area contributed by atoms with E-state index < -0.39 is 0 Å². The molecule has 0 bridgehead atoms. The minimum absolute atomic E-state index is 0.280. The number of anilines is 1. The molecule has 0 aliphatic carbocycles. The third-order valence-corrected chi connectivity index (χ3v) is 3.25. The van der Waals surface area contributed by atoms with E-state index in [0.29, 0.717) is 12.6 Å². The highest BCUT2D eigenvalue weighted by Crippen LogP contribution is 2.21. The molecule has 0 spiro atoms. The molecular weight excluding hydrogens is 255 g/mol. The summed E-state index contributed by atoms with van der Waals surface area (Å²) in [6, 6.07) is 1.91. The fourth-order valence-electron chi connectivity index (χ4n) is 2.42. The van der Waals surface area contributed by atoms with Crippen molar-refractivity contribution in [3.8, 4) is 0 Å². The van der Waals surface area contributed by atoms with Gasteiger partial charge in [0.15, 0.2) is 0 Å². The van der Waals surface area contributed by atoms with Crippen molar-refractivity contribution in [1.82, 2.24) is 15.2 Å². The quantitative estimate of drug-likeness (QED) is 0.791. The highest BCUT2D eigenvalue weighted by Gasteiger charge is 2.18. The van der Waals surface area contributed by atoms with E-state index in [0.717, 1.165) is 31.0 Å². The Bertz CT molecular complexity index is 409. The lowest BCUT2D eigenvalue weighted by Crippen LogP contribution is -2.41. The Hall–Kier alpha value is -1.20. The second kappa shape index (κ2) is 8.17. The molecule has 0 saturated heterocycles. The van der Waals surface area contributed by atoms with Gasteiger partial charge in [0.1, 0.15) is 11.6 Å². The number of halogens is 1. The molecule has 0 saturated carbocycles. The normalized spacial score (nSPS) is 12.8. The lowest BCUT2D eigenvalue weighted by atomic mass is 10.2. The maximum atomic E-state index is 13.4. The molecule has 4 nitrogen and oxygen atoms in total. The molecule has 1 aromatic rings. The molecule has 1 heterocycles. The zero-order valence-electron chi connectivity index (χ0n) is 13.3. The second-order valence-corrected chi connectivity index (χ2v) is 5.31. The first kappa shape index (κ1) is 16.9. The molecular formula is C15H27FN4. The predicted octanol–water partition coefficient (Wildman–Crippen LogP) is 2.11. The van der Waals surface area contributed by atoms with Gasteiger partial charge in [-0.1, -0.05) is 6.92 Å². The first-order valence-corrected chi connectivity index (χ1v) is 7.26. The minimum Gasteiger partial charge on any atom is -0.353 e. The van der Waals surface area contributed by atoms with Gasteiger partial charge < -0.3 is 15.1 Å². The summed E-state index contributed by atoms with van der Waals surface area (Å²) in [6.45, 7) is 9.61. The van der Waals surface area contributed by atoms with E-state index in [1.165, 1.54) is 6.20 Å². The Labute approximate surface area is 122 Å². The number of rotatable bonds is 8. The van der Waals surface area contributed by atoms with Crippen LogP contribution in [0.5, 0.6) is 0 Å². The van der Waals surface area contributed by atoms with Crippen molar-refractivity contribution < 1.29 is 4.39 Å². The highest BCUT2D eigenvalue weighted by atomic mass is 19.1. The van der Waals surface area contributed by atoms with Crippen LogP contribution in [-0.4, -0.2) is 49.7 Å². The highest BCUT2D eigenvalue weighted by molar-refractivity contribution is 5.47. The third kappa shape index (κ3) is 4.72. The van der Waals surface area contributed by atoms with Crippen LogP contribution in [0.15, 0.2) is 12.3 Å². The van der Waals surface area contributed by atoms with E-state index >= 15 is 0 Å². The largest absolute Gasteiger partial charge is 0.353 e. The molecule has 0 aliphatic heterocycles. The maximum Gasteiger partial charge on any atom is 0.141 e. The molecule has 0 aromatic carbocycles. The minimum atomic E-state index is -0.280. The second-order valence-electron chi connectivity index (χ2n) is 5.31. The molecule has 0 radical (unpaired) electrons. The average molecular weight is 282 g/mol. The fourth-order valence-corrected chi connectivity index (χ4v) is 2.42. The SMILES string of the molecule is CCNCc1cc(F)cnc1N(CC)C(C)CN(C)C. The van der Waals surface area contributed by atoms with Crippen LogP contribution in [0.4, 0.5) is 10.2 Å². The van der Waals surface area contributed by atoms with Crippen molar-refractivity contribution in [2.24, 2.45) is 0 Å². The Kier molecular flexibility index (Phi) is 6.88. The standard InChI is InChI=1S/C15H27FN4/c1-6-17-9-13-8-14(16)10-18-15(13)20(7-2)12(3)11-19(4)5/h8,10,12,17H,6-7,9,11H2,1-5H3. The number of aromatic nitrogens is 1. The van der Waals surface area contributed by atoms with Gasteiger partial charge in [-0.15, -0.1) is 0 Å². The van der Waals surface area contributed by atoms with Gasteiger partial charge in [-0.2, -0.15) is 0 Å². The van der Waals surface area contributed by atoms with E-state index in [4.69, 9.17) is 0 Å². The van der Waals surface area contributed by atoms with Gasteiger partial charge in [0, 0.05) is 31.2 Å². The number of pyridine rings is 1. The molecule has 1 N–H and O–H groups in total. The van der Waals surface area contributed by atoms with E-state index in [9.17, 15) is 4.39 Å². The molecule has 0 aliphatic rings. The predicted molar refractivity (Wildman–Crippen MR) is 82.6 cm³/mol. The third-order valence-electron chi connectivity index (χ3n) is 3.25. The van der Waals surface area contributed by atoms with E-state index in [-0.39, 0.29) is 5.82 Å². The molecule has 0 fully saturated rings. The first-order chi connectivity index (χ1) is 9.49. The van der Waals surface area contributed by atoms with Gasteiger partial charge >= 0.3 is 0 Å². The number of nitrogens with one attached hydrogen (secondary N) is 1. The summed E-state index contributed by atoms with van der Waals surface area (Å²) in [5, 5.41) is 3.25. The average Bonchev–Trinajstić information content (AvgIpc) is 2.38. The zero-order valence-corrected chi connectivity index (χ0v) is 13.3. The Morgan fingerprint density at radius 1 is 1.35 bits per heavy atom. The summed E-state index contributed by atoms with van der Waals surface area (Å²) >= 11 is 0. The van der Waals surface area contributed by atoms with Crippen LogP contribution in [0.2, 0.25) is 0 Å². The number of likely N-dealkylation sites (N-methyl/N-ethyl adjacent to an activating group) is 2. The summed E-state index contributed by atoms with van der Waals surface area (Å²) in [5.41, 5.74) is 0.916. The smallest absolute Gasteiger partial charge is 0.141 e. The Morgan fingerprint density at radius 3 is 2.60 bits per heavy atom. The van der Waals surface area contributed by atoms with Crippen molar-refractivity contribution in [3.63, 3.8) is 0 Å². The summed E-state index contributed by atoms with van der Waals surface area (Å²) < 4.78 is 13.4. The van der Waals surface area contributed by atoms with Crippen LogP contribution >= 0.6 is 0 Å². The molecule has 0 amide bonds. The summed E-state index contributed by atoms with van der Waals surface area (Å²) in [6.07, 6.45) is 1.30. The van der Waals surface area contributed by atoms with Crippen molar-refractivity contribution >= 4 is 5.82 Å². The molecule has 20 heavy (non-hydrogen) atoms. The van der Waals surface area contributed by atoms with Gasteiger partial charge in [0.25, 0.3) is 0 Å². The number of nitrogens with zero attached hydrogens (tertiary/aromatic N) is 3. The van der Waals surface area contributed by atoms with Crippen LogP contribution in [0, 0.1) is 5.82 Å². The van der Waals surface area contributed by atoms with Gasteiger partial charge in [-0.05, 0) is 40.6 Å². The molecule has 114 valence electrons. The van der Waals surface area contributed by atoms with Crippen LogP contribution in [-0.2, 0) is 6.54 Å². The van der Waals surface area contributed by atoms with E-state index in [1.807, 2.05) is 6.92 Å². The molecule has 1 aromatic heterocycles. The summed E-state index contributed by atoms with van der Waals surface area (Å²) in [7, 11) is 4.12. The van der Waals surface area contributed by atoms with Crippen molar-refractivity contribution in [1.29, 1.82) is 0 Å². The Balaban J connectivity index is 3.00. The molecule has 5 heteroatoms. The van der Waals surface area contributed by atoms with Crippen molar-refractivity contribution in [3.05, 3.63) is 23.6 Å². The van der Waals surface area contributed by atoms with Gasteiger partial charge in [0.2, 0.25) is 0 Å². The monoisotopic (exact) mass is 282 g/mol. The van der Waals surface area contributed by atoms with Crippen LogP contribution < -0.4 is 10.2 Å². The Morgan fingerprint density at radius 2 is 2.05 bits per heavy atom. The van der Waals surface area contributed by atoms with Crippen LogP contribution in [0.1, 0.15) is 26.3 Å². The zero-order chi connectivity index (χ0) is 15.1. The lowest BCUT2D eigenvalue weighted by Gasteiger charge is -2.32. The van der Waals surface area contributed by atoms with E-state index in [2.05, 4.69) is 48.0 Å². The topological polar surface area (TPSA) is 31.4 Å². The van der Waals surface area contributed by atoms with Crippen LogP contribution in [0.25, 0.3) is 0 Å². The van der Waals surface area contributed by atoms with Crippen molar-refractivity contribution in [2.45, 2.75) is 33.4 Å². The first-order valence-electron chi connectivity index (χ1n) is 7.26.